The van der Waals surface area contributed by atoms with Crippen LogP contribution in [0.15, 0.2) is 41.5 Å². The number of hydrogen-bond donors (Lipinski definition) is 2. The van der Waals surface area contributed by atoms with Crippen molar-refractivity contribution in [2.24, 2.45) is 0 Å². The van der Waals surface area contributed by atoms with Crippen molar-refractivity contribution >= 4 is 22.6 Å². The van der Waals surface area contributed by atoms with E-state index in [4.69, 9.17) is 11.6 Å². The maximum Gasteiger partial charge on any atom is 0.262 e. The molecule has 6 nitrogen and oxygen atoms in total. The summed E-state index contributed by atoms with van der Waals surface area (Å²) in [6.45, 7) is 1.75. The third-order valence-corrected chi connectivity index (χ3v) is 6.22. The van der Waals surface area contributed by atoms with Crippen molar-refractivity contribution in [1.29, 1.82) is 0 Å². The Morgan fingerprint density at radius 1 is 1.21 bits per heavy atom. The molecule has 5 rings (SSSR count). The van der Waals surface area contributed by atoms with Crippen LogP contribution in [-0.4, -0.2) is 37.9 Å². The Morgan fingerprint density at radius 3 is 2.61 bits per heavy atom. The van der Waals surface area contributed by atoms with Crippen LogP contribution >= 0.6 is 11.6 Å². The van der Waals surface area contributed by atoms with Gasteiger partial charge in [-0.25, -0.2) is 4.98 Å². The number of aromatic nitrogens is 3. The van der Waals surface area contributed by atoms with Crippen LogP contribution in [0.3, 0.4) is 0 Å². The molecule has 0 spiro atoms. The molecule has 0 bridgehead atoms. The Bertz CT molecular complexity index is 1080. The van der Waals surface area contributed by atoms with Crippen LogP contribution in [0.5, 0.6) is 0 Å². The number of piperidine rings is 1. The molecule has 1 saturated heterocycles. The fourth-order valence-corrected chi connectivity index (χ4v) is 4.41. The predicted octanol–water partition coefficient (Wildman–Crippen LogP) is 2.83. The highest BCUT2D eigenvalue weighted by atomic mass is 35.5. The van der Waals surface area contributed by atoms with E-state index in [9.17, 15) is 9.90 Å². The number of aliphatic hydroxyl groups is 1. The molecular formula is C21H23ClN4O2. The number of nitrogens with one attached hydrogen (secondary N) is 1. The zero-order valence-corrected chi connectivity index (χ0v) is 16.3. The molecule has 1 aliphatic heterocycles. The maximum atomic E-state index is 13.0. The van der Waals surface area contributed by atoms with Gasteiger partial charge in [-0.15, -0.1) is 0 Å². The monoisotopic (exact) mass is 398 g/mol. The lowest BCUT2D eigenvalue weighted by Crippen LogP contribution is -2.46. The Balaban J connectivity index is 1.52. The van der Waals surface area contributed by atoms with E-state index in [-0.39, 0.29) is 12.1 Å². The first-order valence-electron chi connectivity index (χ1n) is 9.84. The third kappa shape index (κ3) is 3.15. The highest BCUT2D eigenvalue weighted by Gasteiger charge is 2.30. The van der Waals surface area contributed by atoms with Crippen molar-refractivity contribution < 1.29 is 5.11 Å². The van der Waals surface area contributed by atoms with Gasteiger partial charge < -0.3 is 10.4 Å². The normalized spacial score (nSPS) is 19.2. The van der Waals surface area contributed by atoms with Gasteiger partial charge in [0.25, 0.3) is 5.56 Å². The van der Waals surface area contributed by atoms with E-state index >= 15 is 0 Å². The van der Waals surface area contributed by atoms with Crippen molar-refractivity contribution in [2.75, 3.05) is 13.1 Å². The summed E-state index contributed by atoms with van der Waals surface area (Å²) in [7, 11) is 0. The van der Waals surface area contributed by atoms with Gasteiger partial charge in [0.15, 0.2) is 5.65 Å². The molecule has 3 aromatic rings. The van der Waals surface area contributed by atoms with E-state index in [0.717, 1.165) is 18.8 Å². The first kappa shape index (κ1) is 17.9. The zero-order chi connectivity index (χ0) is 19.3. The average molecular weight is 399 g/mol. The van der Waals surface area contributed by atoms with Crippen LogP contribution < -0.4 is 10.9 Å². The molecule has 0 atom stereocenters. The lowest BCUT2D eigenvalue weighted by Gasteiger charge is -2.32. The van der Waals surface area contributed by atoms with E-state index in [1.54, 1.807) is 10.6 Å². The van der Waals surface area contributed by atoms with Gasteiger partial charge in [0.2, 0.25) is 0 Å². The molecule has 28 heavy (non-hydrogen) atoms. The summed E-state index contributed by atoms with van der Waals surface area (Å²) in [6, 6.07) is 9.99. The second kappa shape index (κ2) is 6.72. The Labute approximate surface area is 167 Å². The molecule has 0 amide bonds. The fraction of sp³-hybridized carbons (Fsp3) is 0.429. The second-order valence-corrected chi connectivity index (χ2v) is 8.44. The summed E-state index contributed by atoms with van der Waals surface area (Å²) < 4.78 is 3.31. The third-order valence-electron chi connectivity index (χ3n) is 5.94. The van der Waals surface area contributed by atoms with Crippen LogP contribution in [0.25, 0.3) is 16.7 Å². The molecule has 146 valence electrons. The zero-order valence-electron chi connectivity index (χ0n) is 15.6. The van der Waals surface area contributed by atoms with E-state index < -0.39 is 5.60 Å². The summed E-state index contributed by atoms with van der Waals surface area (Å²) >= 11 is 6.48. The molecular weight excluding hydrogens is 376 g/mol. The van der Waals surface area contributed by atoms with Crippen molar-refractivity contribution in [3.63, 3.8) is 0 Å². The van der Waals surface area contributed by atoms with Crippen molar-refractivity contribution in [2.45, 2.75) is 43.7 Å². The maximum absolute atomic E-state index is 13.0. The molecule has 0 radical (unpaired) electrons. The summed E-state index contributed by atoms with van der Waals surface area (Å²) in [5, 5.41) is 14.9. The van der Waals surface area contributed by atoms with Gasteiger partial charge in [0.05, 0.1) is 17.5 Å². The smallest absolute Gasteiger partial charge is 0.262 e. The van der Waals surface area contributed by atoms with Gasteiger partial charge in [0, 0.05) is 5.69 Å². The molecule has 1 aliphatic carbocycles. The summed E-state index contributed by atoms with van der Waals surface area (Å²) in [5.41, 5.74) is 1.73. The van der Waals surface area contributed by atoms with Crippen LogP contribution in [0.1, 0.15) is 37.2 Å². The molecule has 2 aromatic heterocycles. The number of rotatable bonds is 4. The predicted molar refractivity (Wildman–Crippen MR) is 109 cm³/mol. The summed E-state index contributed by atoms with van der Waals surface area (Å²) in [4.78, 5) is 17.5. The minimum absolute atomic E-state index is 0.174. The molecule has 7 heteroatoms. The van der Waals surface area contributed by atoms with Crippen molar-refractivity contribution in [1.82, 2.24) is 19.4 Å². The van der Waals surface area contributed by atoms with E-state index in [1.807, 2.05) is 12.1 Å². The second-order valence-electron chi connectivity index (χ2n) is 8.06. The lowest BCUT2D eigenvalue weighted by atomic mass is 9.92. The van der Waals surface area contributed by atoms with Gasteiger partial charge >= 0.3 is 0 Å². The lowest BCUT2D eigenvalue weighted by molar-refractivity contribution is -0.00627. The standard InChI is InChI=1S/C21H23ClN4O2/c22-18-11-17-19(26(18)16-5-3-15(4-6-16)14-1-2-14)24-13-25(20(17)27)12-21(28)7-9-23-10-8-21/h3-6,11,13-14,23,28H,1-2,7-10,12H2. The minimum Gasteiger partial charge on any atom is -0.388 e. The van der Waals surface area contributed by atoms with Gasteiger partial charge in [-0.3, -0.25) is 13.9 Å². The van der Waals surface area contributed by atoms with E-state index in [2.05, 4.69) is 22.4 Å². The number of hydrogen-bond acceptors (Lipinski definition) is 4. The quantitative estimate of drug-likeness (QED) is 0.708. The van der Waals surface area contributed by atoms with E-state index in [0.29, 0.717) is 34.9 Å². The molecule has 3 heterocycles. The van der Waals surface area contributed by atoms with Crippen molar-refractivity contribution in [3.8, 4) is 5.69 Å². The van der Waals surface area contributed by atoms with Gasteiger partial charge in [-0.05, 0) is 68.5 Å². The summed E-state index contributed by atoms with van der Waals surface area (Å²) in [5.74, 6) is 0.692. The number of halogens is 1. The molecule has 2 aliphatic rings. The van der Waals surface area contributed by atoms with Gasteiger partial charge in [0.1, 0.15) is 11.5 Å². The van der Waals surface area contributed by atoms with Crippen molar-refractivity contribution in [3.05, 3.63) is 57.7 Å². The summed E-state index contributed by atoms with van der Waals surface area (Å²) in [6.07, 6.45) is 5.28. The van der Waals surface area contributed by atoms with Crippen LogP contribution in [0, 0.1) is 0 Å². The number of nitrogens with zero attached hydrogens (tertiary/aromatic N) is 3. The fourth-order valence-electron chi connectivity index (χ4n) is 4.12. The molecule has 1 aromatic carbocycles. The van der Waals surface area contributed by atoms with Gasteiger partial charge in [-0.2, -0.15) is 0 Å². The first-order valence-corrected chi connectivity index (χ1v) is 10.2. The highest BCUT2D eigenvalue weighted by molar-refractivity contribution is 6.31. The highest BCUT2D eigenvalue weighted by Crippen LogP contribution is 2.40. The average Bonchev–Trinajstić information content (AvgIpc) is 3.48. The first-order chi connectivity index (χ1) is 13.5. The van der Waals surface area contributed by atoms with Crippen LogP contribution in [0.4, 0.5) is 0 Å². The number of fused-ring (bicyclic) bond motifs is 1. The molecule has 1 saturated carbocycles. The van der Waals surface area contributed by atoms with Gasteiger partial charge in [-0.1, -0.05) is 23.7 Å². The molecule has 2 fully saturated rings. The Morgan fingerprint density at radius 2 is 1.93 bits per heavy atom. The SMILES string of the molecule is O=c1c2cc(Cl)n(-c3ccc(C4CC4)cc3)c2ncn1CC1(O)CCNCC1. The largest absolute Gasteiger partial charge is 0.388 e. The topological polar surface area (TPSA) is 72.1 Å². The Hall–Kier alpha value is -2.15. The Kier molecular flexibility index (Phi) is 4.30. The minimum atomic E-state index is -0.880. The van der Waals surface area contributed by atoms with E-state index in [1.165, 1.54) is 29.3 Å². The van der Waals surface area contributed by atoms with Crippen LogP contribution in [0.2, 0.25) is 5.15 Å². The number of benzene rings is 1. The molecule has 2 N–H and O–H groups in total. The molecule has 0 unspecified atom stereocenters. The van der Waals surface area contributed by atoms with Crippen LogP contribution in [-0.2, 0) is 6.54 Å².